The first-order valence-corrected chi connectivity index (χ1v) is 9.85. The van der Waals surface area contributed by atoms with Crippen molar-refractivity contribution in [1.82, 2.24) is 4.90 Å². The van der Waals surface area contributed by atoms with Gasteiger partial charge in [-0.1, -0.05) is 68.1 Å². The highest BCUT2D eigenvalue weighted by Gasteiger charge is 2.52. The molecule has 26 heavy (non-hydrogen) atoms. The van der Waals surface area contributed by atoms with Crippen LogP contribution < -0.4 is 0 Å². The summed E-state index contributed by atoms with van der Waals surface area (Å²) in [5.41, 5.74) is 0.837. The van der Waals surface area contributed by atoms with Crippen LogP contribution in [0.2, 0.25) is 0 Å². The minimum absolute atomic E-state index is 0.00636. The predicted octanol–water partition coefficient (Wildman–Crippen LogP) is 4.09. The molecular formula is C21H23FN2OS. The third kappa shape index (κ3) is 3.03. The molecule has 1 fully saturated rings. The SMILES string of the molecule is CC1(C)CN=C2SCC(O)(C(c3ccccc3)c3ccc(F)cc3)N2C1. The average Bonchev–Trinajstić information content (AvgIpc) is 2.94. The summed E-state index contributed by atoms with van der Waals surface area (Å²) in [4.78, 5) is 6.77. The molecule has 0 amide bonds. The summed E-state index contributed by atoms with van der Waals surface area (Å²) in [6.07, 6.45) is 0. The van der Waals surface area contributed by atoms with E-state index in [0.29, 0.717) is 5.75 Å². The average molecular weight is 370 g/mol. The smallest absolute Gasteiger partial charge is 0.161 e. The summed E-state index contributed by atoms with van der Waals surface area (Å²) in [6.45, 7) is 5.87. The number of aliphatic imine (C=N–C) groups is 1. The molecule has 2 heterocycles. The van der Waals surface area contributed by atoms with Crippen molar-refractivity contribution in [1.29, 1.82) is 0 Å². The van der Waals surface area contributed by atoms with E-state index in [9.17, 15) is 9.50 Å². The number of halogens is 1. The highest BCUT2D eigenvalue weighted by Crippen LogP contribution is 2.47. The highest BCUT2D eigenvalue weighted by atomic mass is 32.2. The van der Waals surface area contributed by atoms with E-state index < -0.39 is 5.72 Å². The molecule has 2 aromatic rings. The zero-order valence-corrected chi connectivity index (χ0v) is 15.8. The van der Waals surface area contributed by atoms with Gasteiger partial charge in [0.2, 0.25) is 0 Å². The maximum Gasteiger partial charge on any atom is 0.161 e. The molecule has 0 spiro atoms. The molecule has 1 saturated heterocycles. The molecule has 5 heteroatoms. The molecule has 2 unspecified atom stereocenters. The van der Waals surface area contributed by atoms with Crippen molar-refractivity contribution in [3.8, 4) is 0 Å². The van der Waals surface area contributed by atoms with Crippen LogP contribution in [0.1, 0.15) is 30.9 Å². The lowest BCUT2D eigenvalue weighted by Gasteiger charge is -2.45. The lowest BCUT2D eigenvalue weighted by atomic mass is 9.81. The molecule has 0 radical (unpaired) electrons. The standard InChI is InChI=1S/C21H23FN2OS/c1-20(2)12-23-19-24(13-20)21(25,14-26-19)18(15-6-4-3-5-7-15)16-8-10-17(22)11-9-16/h3-11,18,25H,12-14H2,1-2H3. The summed E-state index contributed by atoms with van der Waals surface area (Å²) in [5, 5.41) is 12.8. The fourth-order valence-corrected chi connectivity index (χ4v) is 5.05. The van der Waals surface area contributed by atoms with Crippen LogP contribution >= 0.6 is 11.8 Å². The van der Waals surface area contributed by atoms with Crippen LogP contribution in [0.4, 0.5) is 4.39 Å². The number of fused-ring (bicyclic) bond motifs is 1. The van der Waals surface area contributed by atoms with Gasteiger partial charge >= 0.3 is 0 Å². The monoisotopic (exact) mass is 370 g/mol. The van der Waals surface area contributed by atoms with E-state index in [2.05, 4.69) is 18.7 Å². The fraction of sp³-hybridized carbons (Fsp3) is 0.381. The first-order valence-electron chi connectivity index (χ1n) is 8.87. The van der Waals surface area contributed by atoms with Crippen LogP contribution in [0.25, 0.3) is 0 Å². The van der Waals surface area contributed by atoms with Gasteiger partial charge in [-0.3, -0.25) is 4.99 Å². The maximum atomic E-state index is 13.5. The third-order valence-electron chi connectivity index (χ3n) is 5.14. The van der Waals surface area contributed by atoms with Gasteiger partial charge in [0.1, 0.15) is 5.82 Å². The minimum atomic E-state index is -1.10. The molecule has 1 N–H and O–H groups in total. The van der Waals surface area contributed by atoms with E-state index in [1.54, 1.807) is 23.9 Å². The number of hydrogen-bond acceptors (Lipinski definition) is 4. The fourth-order valence-electron chi connectivity index (χ4n) is 3.85. The summed E-state index contributed by atoms with van der Waals surface area (Å²) >= 11 is 1.61. The lowest BCUT2D eigenvalue weighted by Crippen LogP contribution is -2.56. The first-order chi connectivity index (χ1) is 12.4. The Labute approximate surface area is 157 Å². The molecule has 0 bridgehead atoms. The second kappa shape index (κ2) is 6.39. The quantitative estimate of drug-likeness (QED) is 0.884. The number of amidine groups is 1. The molecule has 2 aliphatic heterocycles. The van der Waals surface area contributed by atoms with Crippen molar-refractivity contribution in [3.05, 3.63) is 71.5 Å². The van der Waals surface area contributed by atoms with Crippen LogP contribution in [0.3, 0.4) is 0 Å². The van der Waals surface area contributed by atoms with Crippen LogP contribution in [0.5, 0.6) is 0 Å². The van der Waals surface area contributed by atoms with Crippen molar-refractivity contribution in [2.45, 2.75) is 25.5 Å². The Morgan fingerprint density at radius 2 is 1.73 bits per heavy atom. The summed E-state index contributed by atoms with van der Waals surface area (Å²) in [5.74, 6) is -0.00752. The Morgan fingerprint density at radius 3 is 2.42 bits per heavy atom. The van der Waals surface area contributed by atoms with E-state index in [1.807, 2.05) is 30.3 Å². The Balaban J connectivity index is 1.82. The van der Waals surface area contributed by atoms with Crippen LogP contribution in [0, 0.1) is 11.2 Å². The van der Waals surface area contributed by atoms with E-state index in [1.165, 1.54) is 12.1 Å². The third-order valence-corrected chi connectivity index (χ3v) is 6.32. The first kappa shape index (κ1) is 17.6. The molecule has 136 valence electrons. The van der Waals surface area contributed by atoms with Crippen molar-refractivity contribution in [3.63, 3.8) is 0 Å². The van der Waals surface area contributed by atoms with Crippen LogP contribution in [-0.4, -0.2) is 39.7 Å². The molecule has 2 atom stereocenters. The van der Waals surface area contributed by atoms with Crippen LogP contribution in [-0.2, 0) is 0 Å². The largest absolute Gasteiger partial charge is 0.369 e. The second-order valence-electron chi connectivity index (χ2n) is 7.91. The summed E-state index contributed by atoms with van der Waals surface area (Å²) in [7, 11) is 0. The molecule has 0 aromatic heterocycles. The van der Waals surface area contributed by atoms with Gasteiger partial charge in [0.25, 0.3) is 0 Å². The second-order valence-corrected chi connectivity index (χ2v) is 8.85. The van der Waals surface area contributed by atoms with Crippen LogP contribution in [0.15, 0.2) is 59.6 Å². The molecule has 4 rings (SSSR count). The van der Waals surface area contributed by atoms with E-state index in [-0.39, 0.29) is 17.2 Å². The van der Waals surface area contributed by atoms with Gasteiger partial charge < -0.3 is 10.0 Å². The summed E-state index contributed by atoms with van der Waals surface area (Å²) < 4.78 is 13.5. The zero-order chi connectivity index (χ0) is 18.4. The normalized spacial score (nSPS) is 25.5. The molecule has 0 saturated carbocycles. The molecular weight excluding hydrogens is 347 g/mol. The van der Waals surface area contributed by atoms with Crippen molar-refractivity contribution < 1.29 is 9.50 Å². The van der Waals surface area contributed by atoms with Crippen molar-refractivity contribution in [2.75, 3.05) is 18.8 Å². The number of benzene rings is 2. The topological polar surface area (TPSA) is 35.8 Å². The predicted molar refractivity (Wildman–Crippen MR) is 105 cm³/mol. The number of thioether (sulfide) groups is 1. The summed E-state index contributed by atoms with van der Waals surface area (Å²) in [6, 6.07) is 16.5. The van der Waals surface area contributed by atoms with E-state index >= 15 is 0 Å². The van der Waals surface area contributed by atoms with Gasteiger partial charge in [0.15, 0.2) is 10.9 Å². The maximum absolute atomic E-state index is 13.5. The molecule has 3 nitrogen and oxygen atoms in total. The lowest BCUT2D eigenvalue weighted by molar-refractivity contribution is -0.0703. The van der Waals surface area contributed by atoms with Gasteiger partial charge in [-0.25, -0.2) is 4.39 Å². The molecule has 2 aromatic carbocycles. The van der Waals surface area contributed by atoms with Gasteiger partial charge in [-0.15, -0.1) is 0 Å². The van der Waals surface area contributed by atoms with Gasteiger partial charge in [-0.05, 0) is 23.3 Å². The van der Waals surface area contributed by atoms with E-state index in [0.717, 1.165) is 29.4 Å². The van der Waals surface area contributed by atoms with Gasteiger partial charge in [0.05, 0.1) is 5.92 Å². The van der Waals surface area contributed by atoms with Gasteiger partial charge in [0, 0.05) is 24.3 Å². The Hall–Kier alpha value is -1.85. The Morgan fingerprint density at radius 1 is 1.08 bits per heavy atom. The van der Waals surface area contributed by atoms with Crippen molar-refractivity contribution in [2.24, 2.45) is 10.4 Å². The number of nitrogens with zero attached hydrogens (tertiary/aromatic N) is 2. The zero-order valence-electron chi connectivity index (χ0n) is 15.0. The number of rotatable bonds is 3. The van der Waals surface area contributed by atoms with E-state index in [4.69, 9.17) is 4.99 Å². The number of aliphatic hydroxyl groups is 1. The van der Waals surface area contributed by atoms with Crippen molar-refractivity contribution >= 4 is 16.9 Å². The number of hydrogen-bond donors (Lipinski definition) is 1. The van der Waals surface area contributed by atoms with Gasteiger partial charge in [-0.2, -0.15) is 0 Å². The molecule has 2 aliphatic rings. The Kier molecular flexibility index (Phi) is 4.32. The highest BCUT2D eigenvalue weighted by molar-refractivity contribution is 8.14. The molecule has 0 aliphatic carbocycles. The Bertz CT molecular complexity index is 822. The minimum Gasteiger partial charge on any atom is -0.369 e.